The normalized spacial score (nSPS) is 20.7. The first kappa shape index (κ1) is 21.1. The van der Waals surface area contributed by atoms with Gasteiger partial charge in [0, 0.05) is 25.1 Å². The van der Waals surface area contributed by atoms with Gasteiger partial charge in [-0.15, -0.1) is 11.3 Å². The zero-order valence-electron chi connectivity index (χ0n) is 17.7. The van der Waals surface area contributed by atoms with Gasteiger partial charge in [0.15, 0.2) is 0 Å². The van der Waals surface area contributed by atoms with Crippen LogP contribution in [0, 0.1) is 5.41 Å². The fourth-order valence-corrected chi connectivity index (χ4v) is 4.90. The molecule has 2 aromatic heterocycles. The molecule has 2 atom stereocenters. The van der Waals surface area contributed by atoms with Crippen molar-refractivity contribution in [3.63, 3.8) is 0 Å². The first-order valence-electron chi connectivity index (χ1n) is 10.2. The number of hydrogen-bond acceptors (Lipinski definition) is 4. The summed E-state index contributed by atoms with van der Waals surface area (Å²) in [5.41, 5.74) is -0.133. The highest BCUT2D eigenvalue weighted by Gasteiger charge is 2.36. The molecule has 3 rings (SSSR count). The molecule has 1 fully saturated rings. The molecule has 0 radical (unpaired) electrons. The SMILES string of the molecule is CC1(C)C[C@H](N(CC[C@@H](c2ccco2)C(C)(C)C)C(=O)c2cccs2)CCO1. The van der Waals surface area contributed by atoms with Crippen LogP contribution in [0.2, 0.25) is 0 Å². The van der Waals surface area contributed by atoms with Gasteiger partial charge in [0.2, 0.25) is 0 Å². The Labute approximate surface area is 172 Å². The third kappa shape index (κ3) is 5.06. The Hall–Kier alpha value is -1.59. The third-order valence-electron chi connectivity index (χ3n) is 5.70. The van der Waals surface area contributed by atoms with Crippen LogP contribution in [0.3, 0.4) is 0 Å². The number of amides is 1. The van der Waals surface area contributed by atoms with Crippen molar-refractivity contribution in [3.8, 4) is 0 Å². The minimum absolute atomic E-state index is 0.0600. The van der Waals surface area contributed by atoms with Gasteiger partial charge in [-0.25, -0.2) is 0 Å². The highest BCUT2D eigenvalue weighted by atomic mass is 32.1. The van der Waals surface area contributed by atoms with Crippen LogP contribution in [0.15, 0.2) is 40.3 Å². The Morgan fingerprint density at radius 1 is 1.32 bits per heavy atom. The molecule has 0 N–H and O–H groups in total. The van der Waals surface area contributed by atoms with Gasteiger partial charge in [-0.1, -0.05) is 26.8 Å². The molecule has 154 valence electrons. The molecule has 2 aromatic rings. The first-order valence-corrected chi connectivity index (χ1v) is 11.1. The van der Waals surface area contributed by atoms with Gasteiger partial charge < -0.3 is 14.1 Å². The van der Waals surface area contributed by atoms with E-state index in [1.54, 1.807) is 6.26 Å². The molecule has 0 aromatic carbocycles. The van der Waals surface area contributed by atoms with Gasteiger partial charge in [0.25, 0.3) is 5.91 Å². The van der Waals surface area contributed by atoms with Crippen molar-refractivity contribution in [2.45, 2.75) is 71.4 Å². The fourth-order valence-electron chi connectivity index (χ4n) is 4.22. The number of ether oxygens (including phenoxy) is 1. The molecular formula is C23H33NO3S. The predicted octanol–water partition coefficient (Wildman–Crippen LogP) is 5.96. The highest BCUT2D eigenvalue weighted by Crippen LogP contribution is 2.39. The van der Waals surface area contributed by atoms with Gasteiger partial charge in [-0.3, -0.25) is 4.79 Å². The summed E-state index contributed by atoms with van der Waals surface area (Å²) < 4.78 is 11.6. The van der Waals surface area contributed by atoms with E-state index in [-0.39, 0.29) is 28.9 Å². The van der Waals surface area contributed by atoms with E-state index in [0.717, 1.165) is 36.4 Å². The second kappa shape index (κ2) is 8.42. The van der Waals surface area contributed by atoms with Crippen molar-refractivity contribution >= 4 is 17.2 Å². The van der Waals surface area contributed by atoms with E-state index in [1.807, 2.05) is 23.6 Å². The lowest BCUT2D eigenvalue weighted by Crippen LogP contribution is -2.49. The average molecular weight is 404 g/mol. The summed E-state index contributed by atoms with van der Waals surface area (Å²) in [6.07, 6.45) is 4.38. The first-order chi connectivity index (χ1) is 13.2. The van der Waals surface area contributed by atoms with Crippen LogP contribution in [0.5, 0.6) is 0 Å². The smallest absolute Gasteiger partial charge is 0.264 e. The quantitative estimate of drug-likeness (QED) is 0.597. The number of carbonyl (C=O) groups excluding carboxylic acids is 1. The summed E-state index contributed by atoms with van der Waals surface area (Å²) in [4.78, 5) is 16.2. The minimum Gasteiger partial charge on any atom is -0.469 e. The Kier molecular flexibility index (Phi) is 6.35. The Morgan fingerprint density at radius 2 is 2.11 bits per heavy atom. The van der Waals surface area contributed by atoms with Crippen LogP contribution >= 0.6 is 11.3 Å². The molecule has 0 bridgehead atoms. The highest BCUT2D eigenvalue weighted by molar-refractivity contribution is 7.12. The van der Waals surface area contributed by atoms with Crippen molar-refractivity contribution in [3.05, 3.63) is 46.5 Å². The van der Waals surface area contributed by atoms with Crippen LogP contribution in [0.1, 0.15) is 75.2 Å². The molecule has 1 aliphatic rings. The van der Waals surface area contributed by atoms with E-state index < -0.39 is 0 Å². The number of furan rings is 1. The number of hydrogen-bond donors (Lipinski definition) is 0. The Bertz CT molecular complexity index is 743. The van der Waals surface area contributed by atoms with Crippen molar-refractivity contribution in [1.82, 2.24) is 4.90 Å². The van der Waals surface area contributed by atoms with E-state index in [4.69, 9.17) is 9.15 Å². The molecule has 0 unspecified atom stereocenters. The van der Waals surface area contributed by atoms with Gasteiger partial charge in [0.1, 0.15) is 5.76 Å². The van der Waals surface area contributed by atoms with Crippen molar-refractivity contribution < 1.29 is 13.9 Å². The molecule has 4 nitrogen and oxygen atoms in total. The van der Waals surface area contributed by atoms with Crippen molar-refractivity contribution in [2.75, 3.05) is 13.2 Å². The molecular weight excluding hydrogens is 370 g/mol. The Morgan fingerprint density at radius 3 is 2.68 bits per heavy atom. The minimum atomic E-state index is -0.193. The number of rotatable bonds is 6. The van der Waals surface area contributed by atoms with Crippen LogP contribution in [-0.2, 0) is 4.74 Å². The fraction of sp³-hybridized carbons (Fsp3) is 0.609. The summed E-state index contributed by atoms with van der Waals surface area (Å²) in [6.45, 7) is 12.4. The lowest BCUT2D eigenvalue weighted by atomic mass is 9.77. The summed E-state index contributed by atoms with van der Waals surface area (Å²) in [6, 6.07) is 8.08. The van der Waals surface area contributed by atoms with Gasteiger partial charge in [-0.05, 0) is 62.1 Å². The van der Waals surface area contributed by atoms with E-state index in [0.29, 0.717) is 6.61 Å². The average Bonchev–Trinajstić information content (AvgIpc) is 3.29. The van der Waals surface area contributed by atoms with Gasteiger partial charge in [-0.2, -0.15) is 0 Å². The molecule has 0 saturated carbocycles. The molecule has 1 saturated heterocycles. The zero-order valence-corrected chi connectivity index (χ0v) is 18.6. The van der Waals surface area contributed by atoms with Gasteiger partial charge in [0.05, 0.1) is 16.7 Å². The third-order valence-corrected chi connectivity index (χ3v) is 6.55. The van der Waals surface area contributed by atoms with Crippen molar-refractivity contribution in [2.24, 2.45) is 5.41 Å². The lowest BCUT2D eigenvalue weighted by Gasteiger charge is -2.42. The monoisotopic (exact) mass is 403 g/mol. The summed E-state index contributed by atoms with van der Waals surface area (Å²) >= 11 is 1.52. The van der Waals surface area contributed by atoms with Crippen LogP contribution < -0.4 is 0 Å². The maximum absolute atomic E-state index is 13.3. The summed E-state index contributed by atoms with van der Waals surface area (Å²) in [7, 11) is 0. The Balaban J connectivity index is 1.81. The van der Waals surface area contributed by atoms with Crippen LogP contribution in [0.4, 0.5) is 0 Å². The second-order valence-corrected chi connectivity index (χ2v) is 10.4. The number of thiophene rings is 1. The molecule has 1 aliphatic heterocycles. The topological polar surface area (TPSA) is 42.7 Å². The molecule has 0 aliphatic carbocycles. The maximum Gasteiger partial charge on any atom is 0.264 e. The molecule has 28 heavy (non-hydrogen) atoms. The van der Waals surface area contributed by atoms with E-state index in [1.165, 1.54) is 11.3 Å². The summed E-state index contributed by atoms with van der Waals surface area (Å²) in [5, 5.41) is 1.97. The second-order valence-electron chi connectivity index (χ2n) is 9.45. The van der Waals surface area contributed by atoms with Crippen molar-refractivity contribution in [1.29, 1.82) is 0 Å². The number of nitrogens with zero attached hydrogens (tertiary/aromatic N) is 1. The predicted molar refractivity (Wildman–Crippen MR) is 114 cm³/mol. The lowest BCUT2D eigenvalue weighted by molar-refractivity contribution is -0.0786. The molecule has 5 heteroatoms. The summed E-state index contributed by atoms with van der Waals surface area (Å²) in [5.74, 6) is 1.40. The van der Waals surface area contributed by atoms with E-state index >= 15 is 0 Å². The molecule has 1 amide bonds. The molecule has 3 heterocycles. The van der Waals surface area contributed by atoms with E-state index in [9.17, 15) is 4.79 Å². The standard InChI is InChI=1S/C23H33NO3S/c1-22(2,3)18(19-8-6-13-26-19)10-12-24(21(25)20-9-7-15-28-20)17-11-14-27-23(4,5)16-17/h6-9,13,15,17-18H,10-12,14,16H2,1-5H3/t17-,18+/m1/s1. The molecule has 0 spiro atoms. The van der Waals surface area contributed by atoms with Crippen LogP contribution in [-0.4, -0.2) is 35.6 Å². The largest absolute Gasteiger partial charge is 0.469 e. The van der Waals surface area contributed by atoms with E-state index in [2.05, 4.69) is 45.6 Å². The maximum atomic E-state index is 13.3. The zero-order chi connectivity index (χ0) is 20.4. The van der Waals surface area contributed by atoms with Crippen LogP contribution in [0.25, 0.3) is 0 Å². The number of carbonyl (C=O) groups is 1. The van der Waals surface area contributed by atoms with Gasteiger partial charge >= 0.3 is 0 Å².